The number of rotatable bonds is 2. The zero-order valence-electron chi connectivity index (χ0n) is 10.5. The first kappa shape index (κ1) is 18.3. The Morgan fingerprint density at radius 2 is 1.45 bits per heavy atom. The average Bonchev–Trinajstić information content (AvgIpc) is 3.07. The standard InChI is InChI=1S/C6H4BrF3O.C6H3F3O2/c7-2-5-1-4(3-11-5)6(8,9)10;7-6(8,9)4-1-5(2-10)11-3-4/h1,3H,2H2;1-3H. The zero-order chi connectivity index (χ0) is 17.0. The molecule has 122 valence electrons. The average molecular weight is 393 g/mol. The third-order valence-electron chi connectivity index (χ3n) is 2.18. The van der Waals surface area contributed by atoms with Crippen molar-refractivity contribution < 1.29 is 40.0 Å². The predicted octanol–water partition coefficient (Wildman–Crippen LogP) is 5.30. The van der Waals surface area contributed by atoms with Crippen LogP contribution in [0.3, 0.4) is 0 Å². The molecule has 2 rings (SSSR count). The molecule has 0 fully saturated rings. The van der Waals surface area contributed by atoms with Crippen molar-refractivity contribution in [3.63, 3.8) is 0 Å². The number of hydrogen-bond acceptors (Lipinski definition) is 3. The SMILES string of the molecule is FC(F)(F)c1coc(CBr)c1.O=Cc1cc(C(F)(F)F)co1. The lowest BCUT2D eigenvalue weighted by atomic mass is 10.3. The Hall–Kier alpha value is -1.71. The van der Waals surface area contributed by atoms with Crippen molar-refractivity contribution in [2.24, 2.45) is 0 Å². The minimum Gasteiger partial charge on any atom is -0.468 e. The Morgan fingerprint density at radius 3 is 1.73 bits per heavy atom. The number of alkyl halides is 7. The van der Waals surface area contributed by atoms with Gasteiger partial charge in [0.1, 0.15) is 18.3 Å². The number of aldehydes is 1. The molecule has 10 heteroatoms. The fourth-order valence-electron chi connectivity index (χ4n) is 1.16. The van der Waals surface area contributed by atoms with Crippen molar-refractivity contribution in [3.05, 3.63) is 47.3 Å². The topological polar surface area (TPSA) is 43.4 Å². The Balaban J connectivity index is 0.000000220. The molecule has 0 unspecified atom stereocenters. The molecule has 0 bridgehead atoms. The normalized spacial score (nSPS) is 11.8. The highest BCUT2D eigenvalue weighted by Gasteiger charge is 2.33. The van der Waals surface area contributed by atoms with Crippen LogP contribution in [0, 0.1) is 0 Å². The summed E-state index contributed by atoms with van der Waals surface area (Å²) in [4.78, 5) is 9.89. The minimum absolute atomic E-state index is 0.217. The van der Waals surface area contributed by atoms with E-state index in [0.29, 0.717) is 23.9 Å². The third-order valence-corrected chi connectivity index (χ3v) is 2.73. The van der Waals surface area contributed by atoms with E-state index < -0.39 is 23.5 Å². The van der Waals surface area contributed by atoms with E-state index in [2.05, 4.69) is 24.8 Å². The summed E-state index contributed by atoms with van der Waals surface area (Å²) >= 11 is 2.98. The molecular formula is C12H7BrF6O3. The Morgan fingerprint density at radius 1 is 0.955 bits per heavy atom. The van der Waals surface area contributed by atoms with E-state index in [-0.39, 0.29) is 17.8 Å². The van der Waals surface area contributed by atoms with E-state index in [4.69, 9.17) is 0 Å². The number of hydrogen-bond donors (Lipinski definition) is 0. The molecule has 0 aliphatic heterocycles. The minimum atomic E-state index is -4.44. The van der Waals surface area contributed by atoms with Gasteiger partial charge in [-0.05, 0) is 12.1 Å². The molecule has 0 radical (unpaired) electrons. The predicted molar refractivity (Wildman–Crippen MR) is 65.4 cm³/mol. The van der Waals surface area contributed by atoms with Crippen molar-refractivity contribution in [3.8, 4) is 0 Å². The van der Waals surface area contributed by atoms with Gasteiger partial charge < -0.3 is 8.83 Å². The summed E-state index contributed by atoms with van der Waals surface area (Å²) < 4.78 is 79.7. The molecule has 22 heavy (non-hydrogen) atoms. The van der Waals surface area contributed by atoms with Gasteiger partial charge >= 0.3 is 12.4 Å². The van der Waals surface area contributed by atoms with Gasteiger partial charge in [0.15, 0.2) is 12.0 Å². The maximum absolute atomic E-state index is 11.9. The Kier molecular flexibility index (Phi) is 5.86. The van der Waals surface area contributed by atoms with Crippen molar-refractivity contribution >= 4 is 22.2 Å². The van der Waals surface area contributed by atoms with Crippen LogP contribution in [0.15, 0.2) is 33.5 Å². The molecular weight excluding hydrogens is 386 g/mol. The van der Waals surface area contributed by atoms with Crippen LogP contribution in [0.25, 0.3) is 0 Å². The molecule has 2 aromatic rings. The molecule has 0 atom stereocenters. The monoisotopic (exact) mass is 392 g/mol. The van der Waals surface area contributed by atoms with E-state index in [1.54, 1.807) is 0 Å². The van der Waals surface area contributed by atoms with Gasteiger partial charge in [-0.2, -0.15) is 26.3 Å². The number of halogens is 7. The van der Waals surface area contributed by atoms with Crippen LogP contribution in [-0.2, 0) is 17.7 Å². The lowest BCUT2D eigenvalue weighted by molar-refractivity contribution is -0.138. The number of carbonyl (C=O) groups is 1. The maximum atomic E-state index is 11.9. The van der Waals surface area contributed by atoms with Crippen LogP contribution < -0.4 is 0 Å². The molecule has 2 heterocycles. The van der Waals surface area contributed by atoms with Crippen LogP contribution in [-0.4, -0.2) is 6.29 Å². The second-order valence-electron chi connectivity index (χ2n) is 3.79. The van der Waals surface area contributed by atoms with Gasteiger partial charge in [0, 0.05) is 0 Å². The van der Waals surface area contributed by atoms with Crippen molar-refractivity contribution in [2.75, 3.05) is 0 Å². The zero-order valence-corrected chi connectivity index (χ0v) is 12.1. The molecule has 0 aromatic carbocycles. The van der Waals surface area contributed by atoms with Gasteiger partial charge in [0.2, 0.25) is 0 Å². The van der Waals surface area contributed by atoms with Crippen molar-refractivity contribution in [1.82, 2.24) is 0 Å². The second kappa shape index (κ2) is 7.03. The first-order valence-corrected chi connectivity index (χ1v) is 6.51. The molecule has 0 saturated heterocycles. The summed E-state index contributed by atoms with van der Waals surface area (Å²) in [5.41, 5.74) is -1.69. The number of carbonyl (C=O) groups excluding carboxylic acids is 1. The molecule has 0 spiro atoms. The van der Waals surface area contributed by atoms with Crippen molar-refractivity contribution in [2.45, 2.75) is 17.7 Å². The first-order valence-electron chi connectivity index (χ1n) is 5.39. The molecule has 0 amide bonds. The lowest BCUT2D eigenvalue weighted by Gasteiger charge is -1.99. The van der Waals surface area contributed by atoms with Gasteiger partial charge in [-0.15, -0.1) is 0 Å². The molecule has 0 aliphatic carbocycles. The highest BCUT2D eigenvalue weighted by Crippen LogP contribution is 2.31. The highest BCUT2D eigenvalue weighted by atomic mass is 79.9. The van der Waals surface area contributed by atoms with E-state index in [0.717, 1.165) is 6.07 Å². The van der Waals surface area contributed by atoms with Crippen LogP contribution in [0.1, 0.15) is 27.4 Å². The van der Waals surface area contributed by atoms with Crippen molar-refractivity contribution in [1.29, 1.82) is 0 Å². The first-order chi connectivity index (χ1) is 10.1. The summed E-state index contributed by atoms with van der Waals surface area (Å²) in [5, 5.41) is 0.295. The molecule has 0 saturated carbocycles. The Bertz CT molecular complexity index is 611. The van der Waals surface area contributed by atoms with Gasteiger partial charge in [-0.1, -0.05) is 15.9 Å². The van der Waals surface area contributed by atoms with Gasteiger partial charge in [-0.25, -0.2) is 0 Å². The third kappa shape index (κ3) is 5.24. The lowest BCUT2D eigenvalue weighted by Crippen LogP contribution is -2.02. The van der Waals surface area contributed by atoms with E-state index in [1.807, 2.05) is 0 Å². The van der Waals surface area contributed by atoms with Crippen LogP contribution in [0.5, 0.6) is 0 Å². The second-order valence-corrected chi connectivity index (χ2v) is 4.35. The van der Waals surface area contributed by atoms with E-state index in [9.17, 15) is 31.1 Å². The summed E-state index contributed by atoms with van der Waals surface area (Å²) in [6.07, 6.45) is -7.32. The summed E-state index contributed by atoms with van der Waals surface area (Å²) in [5.74, 6) is -0.0466. The van der Waals surface area contributed by atoms with E-state index in [1.165, 1.54) is 0 Å². The van der Waals surface area contributed by atoms with Gasteiger partial charge in [-0.3, -0.25) is 4.79 Å². The van der Waals surface area contributed by atoms with Gasteiger partial charge in [0.05, 0.1) is 16.5 Å². The van der Waals surface area contributed by atoms with E-state index >= 15 is 0 Å². The summed E-state index contributed by atoms with van der Waals surface area (Å²) in [6.45, 7) is 0. The molecule has 0 aliphatic rings. The quantitative estimate of drug-likeness (QED) is 0.395. The summed E-state index contributed by atoms with van der Waals surface area (Å²) in [6, 6.07) is 1.61. The number of furan rings is 2. The van der Waals surface area contributed by atoms with Crippen LogP contribution in [0.2, 0.25) is 0 Å². The largest absolute Gasteiger partial charge is 0.468 e. The summed E-state index contributed by atoms with van der Waals surface area (Å²) in [7, 11) is 0. The fraction of sp³-hybridized carbons (Fsp3) is 0.250. The fourth-order valence-corrected chi connectivity index (χ4v) is 1.46. The van der Waals surface area contributed by atoms with Crippen LogP contribution in [0.4, 0.5) is 26.3 Å². The van der Waals surface area contributed by atoms with Gasteiger partial charge in [0.25, 0.3) is 0 Å². The molecule has 0 N–H and O–H groups in total. The molecule has 3 nitrogen and oxygen atoms in total. The highest BCUT2D eigenvalue weighted by molar-refractivity contribution is 9.08. The van der Waals surface area contributed by atoms with Crippen LogP contribution >= 0.6 is 15.9 Å². The smallest absolute Gasteiger partial charge is 0.419 e. The maximum Gasteiger partial charge on any atom is 0.419 e. The molecule has 2 aromatic heterocycles. The Labute approximate surface area is 128 Å².